The molecule has 6 nitrogen and oxygen atoms in total. The molecule has 2 atom stereocenters. The minimum Gasteiger partial charge on any atom is -0.497 e. The van der Waals surface area contributed by atoms with Crippen LogP contribution in [0.3, 0.4) is 0 Å². The van der Waals surface area contributed by atoms with Crippen molar-refractivity contribution in [3.63, 3.8) is 0 Å². The number of sulfonamides is 1. The molecule has 5 rings (SSSR count). The Morgan fingerprint density at radius 3 is 2.61 bits per heavy atom. The molecule has 0 fully saturated rings. The molecule has 1 unspecified atom stereocenters. The maximum atomic E-state index is 11.8. The zero-order valence-corrected chi connectivity index (χ0v) is 19.6. The number of primary sulfonamides is 1. The van der Waals surface area contributed by atoms with Gasteiger partial charge in [-0.15, -0.1) is 11.3 Å². The fraction of sp³-hybridized carbons (Fsp3) is 0.200. The minimum atomic E-state index is -3.83. The highest BCUT2D eigenvalue weighted by atomic mass is 32.2. The first-order chi connectivity index (χ1) is 15.9. The van der Waals surface area contributed by atoms with Gasteiger partial charge in [0.1, 0.15) is 11.9 Å². The Morgan fingerprint density at radius 1 is 1.03 bits per heavy atom. The normalized spacial score (nSPS) is 16.8. The van der Waals surface area contributed by atoms with Gasteiger partial charge in [-0.05, 0) is 47.3 Å². The van der Waals surface area contributed by atoms with Gasteiger partial charge in [-0.2, -0.15) is 0 Å². The molecule has 1 aromatic heterocycles. The predicted octanol–water partition coefficient (Wildman–Crippen LogP) is 4.92. The Morgan fingerprint density at radius 2 is 1.85 bits per heavy atom. The van der Waals surface area contributed by atoms with E-state index in [0.717, 1.165) is 16.7 Å². The summed E-state index contributed by atoms with van der Waals surface area (Å²) in [6, 6.07) is 23.0. The number of hydrogen-bond acceptors (Lipinski definition) is 6. The summed E-state index contributed by atoms with van der Waals surface area (Å²) in [6.45, 7) is 0.397. The zero-order valence-electron chi connectivity index (χ0n) is 17.9. The molecule has 0 bridgehead atoms. The van der Waals surface area contributed by atoms with Crippen molar-refractivity contribution in [3.05, 3.63) is 83.2 Å². The van der Waals surface area contributed by atoms with Gasteiger partial charge in [-0.1, -0.05) is 30.3 Å². The second-order valence-corrected chi connectivity index (χ2v) is 10.6. The number of rotatable bonds is 5. The predicted molar refractivity (Wildman–Crippen MR) is 129 cm³/mol. The fourth-order valence-corrected chi connectivity index (χ4v) is 5.92. The molecule has 1 aliphatic heterocycles. The topological polar surface area (TPSA) is 87.9 Å². The molecule has 4 aromatic rings. The van der Waals surface area contributed by atoms with E-state index < -0.39 is 10.0 Å². The second kappa shape index (κ2) is 8.70. The van der Waals surface area contributed by atoms with Gasteiger partial charge in [0, 0.05) is 22.1 Å². The van der Waals surface area contributed by atoms with Crippen LogP contribution >= 0.6 is 11.3 Å². The smallest absolute Gasteiger partial charge is 0.238 e. The summed E-state index contributed by atoms with van der Waals surface area (Å²) in [5, 5.41) is 6.41. The van der Waals surface area contributed by atoms with Gasteiger partial charge in [0.2, 0.25) is 10.0 Å². The van der Waals surface area contributed by atoms with E-state index in [-0.39, 0.29) is 16.9 Å². The lowest BCUT2D eigenvalue weighted by molar-refractivity contribution is 0.174. The Kier molecular flexibility index (Phi) is 5.74. The van der Waals surface area contributed by atoms with Crippen molar-refractivity contribution >= 4 is 31.4 Å². The highest BCUT2D eigenvalue weighted by Crippen LogP contribution is 2.42. The van der Waals surface area contributed by atoms with Crippen molar-refractivity contribution in [2.24, 2.45) is 5.14 Å². The van der Waals surface area contributed by atoms with E-state index >= 15 is 0 Å². The zero-order chi connectivity index (χ0) is 23.0. The first-order valence-electron chi connectivity index (χ1n) is 10.5. The molecule has 2 heterocycles. The van der Waals surface area contributed by atoms with Crippen molar-refractivity contribution in [1.29, 1.82) is 0 Å². The standard InChI is InChI=1S/C25H23NO5S2/c1-29-18-7-10-23-17(13-18)14-24(32-23)25(16-5-3-2-4-6-16)21-11-12-30-22-15-19(33(26,27)28)8-9-20(22)31-21/h2-10,13-15,21,25H,11-12H2,1H3,(H2,26,27,28)/t21?,25-/m1/s1. The van der Waals surface area contributed by atoms with E-state index in [9.17, 15) is 8.42 Å². The molecular formula is C25H23NO5S2. The van der Waals surface area contributed by atoms with Crippen LogP contribution in [0.4, 0.5) is 0 Å². The van der Waals surface area contributed by atoms with E-state index in [1.54, 1.807) is 24.5 Å². The number of ether oxygens (including phenoxy) is 3. The quantitative estimate of drug-likeness (QED) is 0.437. The summed E-state index contributed by atoms with van der Waals surface area (Å²) < 4.78 is 42.4. The van der Waals surface area contributed by atoms with Crippen molar-refractivity contribution in [3.8, 4) is 17.2 Å². The average molecular weight is 482 g/mol. The van der Waals surface area contributed by atoms with Gasteiger partial charge in [-0.25, -0.2) is 13.6 Å². The molecule has 33 heavy (non-hydrogen) atoms. The van der Waals surface area contributed by atoms with Crippen LogP contribution in [-0.4, -0.2) is 28.2 Å². The van der Waals surface area contributed by atoms with Gasteiger partial charge in [-0.3, -0.25) is 0 Å². The third-order valence-corrected chi connectivity index (χ3v) is 7.87. The molecule has 0 saturated heterocycles. The van der Waals surface area contributed by atoms with Crippen LogP contribution in [0.2, 0.25) is 0 Å². The number of methoxy groups -OCH3 is 1. The Labute approximate surface area is 196 Å². The third kappa shape index (κ3) is 4.42. The van der Waals surface area contributed by atoms with Gasteiger partial charge >= 0.3 is 0 Å². The lowest BCUT2D eigenvalue weighted by Gasteiger charge is -2.26. The molecule has 0 saturated carbocycles. The van der Waals surface area contributed by atoms with E-state index in [0.29, 0.717) is 24.5 Å². The van der Waals surface area contributed by atoms with Crippen LogP contribution in [0.5, 0.6) is 17.2 Å². The van der Waals surface area contributed by atoms with Crippen LogP contribution in [0.15, 0.2) is 77.7 Å². The van der Waals surface area contributed by atoms with Gasteiger partial charge in [0.05, 0.1) is 24.5 Å². The highest BCUT2D eigenvalue weighted by Gasteiger charge is 2.31. The number of fused-ring (bicyclic) bond motifs is 2. The molecule has 0 amide bonds. The first kappa shape index (κ1) is 21.8. The fourth-order valence-electron chi connectivity index (χ4n) is 4.16. The van der Waals surface area contributed by atoms with E-state index in [1.165, 1.54) is 21.7 Å². The first-order valence-corrected chi connectivity index (χ1v) is 12.9. The van der Waals surface area contributed by atoms with Crippen LogP contribution in [-0.2, 0) is 10.0 Å². The molecular weight excluding hydrogens is 458 g/mol. The molecule has 0 radical (unpaired) electrons. The highest BCUT2D eigenvalue weighted by molar-refractivity contribution is 7.89. The van der Waals surface area contributed by atoms with Crippen molar-refractivity contribution in [2.45, 2.75) is 23.3 Å². The van der Waals surface area contributed by atoms with Crippen molar-refractivity contribution < 1.29 is 22.6 Å². The minimum absolute atomic E-state index is 0.00126. The van der Waals surface area contributed by atoms with Gasteiger partial charge in [0.15, 0.2) is 11.5 Å². The molecule has 1 aliphatic rings. The summed E-state index contributed by atoms with van der Waals surface area (Å²) in [7, 11) is -2.16. The number of nitrogens with two attached hydrogens (primary N) is 1. The average Bonchev–Trinajstić information content (AvgIpc) is 3.10. The van der Waals surface area contributed by atoms with E-state index in [2.05, 4.69) is 24.3 Å². The van der Waals surface area contributed by atoms with E-state index in [4.69, 9.17) is 19.3 Å². The number of thiophene rings is 1. The lowest BCUT2D eigenvalue weighted by atomic mass is 9.90. The third-order valence-electron chi connectivity index (χ3n) is 5.76. The van der Waals surface area contributed by atoms with Crippen molar-refractivity contribution in [1.82, 2.24) is 0 Å². The summed E-state index contributed by atoms with van der Waals surface area (Å²) >= 11 is 1.73. The summed E-state index contributed by atoms with van der Waals surface area (Å²) in [5.41, 5.74) is 1.14. The maximum absolute atomic E-state index is 11.8. The number of hydrogen-bond donors (Lipinski definition) is 1. The van der Waals surface area contributed by atoms with Crippen LogP contribution in [0, 0.1) is 0 Å². The molecule has 0 spiro atoms. The van der Waals surface area contributed by atoms with Crippen molar-refractivity contribution in [2.75, 3.05) is 13.7 Å². The molecule has 3 aromatic carbocycles. The number of benzene rings is 3. The molecule has 0 aliphatic carbocycles. The molecule has 2 N–H and O–H groups in total. The van der Waals surface area contributed by atoms with Gasteiger partial charge in [0.25, 0.3) is 0 Å². The molecule has 8 heteroatoms. The second-order valence-electron chi connectivity index (χ2n) is 7.89. The summed E-state index contributed by atoms with van der Waals surface area (Å²) in [5.74, 6) is 1.69. The van der Waals surface area contributed by atoms with E-state index in [1.807, 2.05) is 30.3 Å². The Bertz CT molecular complexity index is 1400. The molecule has 170 valence electrons. The maximum Gasteiger partial charge on any atom is 0.238 e. The summed E-state index contributed by atoms with van der Waals surface area (Å²) in [4.78, 5) is 1.18. The summed E-state index contributed by atoms with van der Waals surface area (Å²) in [6.07, 6.45) is 0.431. The van der Waals surface area contributed by atoms with Crippen LogP contribution in [0.25, 0.3) is 10.1 Å². The SMILES string of the molecule is COc1ccc2sc([C@H](c3ccccc3)C3CCOc4cc(S(N)(=O)=O)ccc4O3)cc2c1. The Hall–Kier alpha value is -3.07. The monoisotopic (exact) mass is 481 g/mol. The van der Waals surface area contributed by atoms with Crippen LogP contribution in [0.1, 0.15) is 22.8 Å². The largest absolute Gasteiger partial charge is 0.497 e. The lowest BCUT2D eigenvalue weighted by Crippen LogP contribution is -2.26. The van der Waals surface area contributed by atoms with Gasteiger partial charge < -0.3 is 14.2 Å². The van der Waals surface area contributed by atoms with Crippen LogP contribution < -0.4 is 19.3 Å². The Balaban J connectivity index is 1.56.